The van der Waals surface area contributed by atoms with Crippen molar-refractivity contribution in [3.05, 3.63) is 72.1 Å². The molecule has 1 aromatic heterocycles. The second-order valence-electron chi connectivity index (χ2n) is 9.53. The largest absolute Gasteiger partial charge is 0.236 e. The van der Waals surface area contributed by atoms with Crippen LogP contribution >= 0.6 is 0 Å². The molecule has 1 saturated carbocycles. The molecular weight excluding hydrogens is 402 g/mol. The number of benzene rings is 2. The molecule has 0 spiro atoms. The van der Waals surface area contributed by atoms with Crippen LogP contribution in [0, 0.1) is 17.2 Å². The van der Waals surface area contributed by atoms with Crippen LogP contribution < -0.4 is 0 Å². The van der Waals surface area contributed by atoms with E-state index in [4.69, 9.17) is 5.26 Å². The van der Waals surface area contributed by atoms with Gasteiger partial charge in [0.25, 0.3) is 0 Å². The fourth-order valence-electron chi connectivity index (χ4n) is 5.09. The fraction of sp³-hybridized carbons (Fsp3) is 0.433. The number of nitrogens with zero attached hydrogens (tertiary/aromatic N) is 3. The minimum absolute atomic E-state index is 0.645. The van der Waals surface area contributed by atoms with E-state index in [1.54, 1.807) is 12.1 Å². The summed E-state index contributed by atoms with van der Waals surface area (Å²) in [6.07, 6.45) is 17.7. The van der Waals surface area contributed by atoms with E-state index in [1.165, 1.54) is 69.8 Å². The maximum atomic E-state index is 8.95. The Kier molecular flexibility index (Phi) is 8.25. The standard InChI is InChI=1S/C30H35N3/c1-2-3-4-5-6-7-23-8-12-25(13-9-23)26-16-18-27(19-17-26)29-21-32-30(33-22-29)28-14-10-24(20-31)11-15-28/h10-11,14-19,21-23,25H,2-9,12-13H2,1H3/t23-,25-. The monoisotopic (exact) mass is 437 g/mol. The minimum atomic E-state index is 0.645. The van der Waals surface area contributed by atoms with Gasteiger partial charge in [-0.1, -0.05) is 69.7 Å². The molecule has 1 aliphatic rings. The van der Waals surface area contributed by atoms with Crippen molar-refractivity contribution in [1.29, 1.82) is 5.26 Å². The Balaban J connectivity index is 1.30. The molecule has 3 heteroatoms. The molecule has 1 heterocycles. The number of unbranched alkanes of at least 4 members (excludes halogenated alkanes) is 4. The zero-order valence-corrected chi connectivity index (χ0v) is 19.8. The van der Waals surface area contributed by atoms with Gasteiger partial charge in [-0.25, -0.2) is 9.97 Å². The van der Waals surface area contributed by atoms with Gasteiger partial charge in [0.15, 0.2) is 5.82 Å². The quantitative estimate of drug-likeness (QED) is 0.316. The normalized spacial score (nSPS) is 18.1. The summed E-state index contributed by atoms with van der Waals surface area (Å²) in [5.41, 5.74) is 5.24. The summed E-state index contributed by atoms with van der Waals surface area (Å²) in [5.74, 6) is 2.35. The van der Waals surface area contributed by atoms with Gasteiger partial charge in [0.1, 0.15) is 0 Å². The third-order valence-corrected chi connectivity index (χ3v) is 7.20. The number of aromatic nitrogens is 2. The van der Waals surface area contributed by atoms with Gasteiger partial charge in [-0.05, 0) is 72.9 Å². The molecule has 0 aliphatic heterocycles. The Morgan fingerprint density at radius 2 is 1.39 bits per heavy atom. The highest BCUT2D eigenvalue weighted by molar-refractivity contribution is 5.64. The predicted octanol–water partition coefficient (Wildman–Crippen LogP) is 8.32. The molecule has 4 rings (SSSR count). The minimum Gasteiger partial charge on any atom is -0.236 e. The summed E-state index contributed by atoms with van der Waals surface area (Å²) < 4.78 is 0. The van der Waals surface area contributed by atoms with E-state index in [-0.39, 0.29) is 0 Å². The lowest BCUT2D eigenvalue weighted by atomic mass is 9.77. The molecule has 1 aliphatic carbocycles. The van der Waals surface area contributed by atoms with Crippen molar-refractivity contribution in [2.45, 2.75) is 77.0 Å². The lowest BCUT2D eigenvalue weighted by molar-refractivity contribution is 0.302. The average Bonchev–Trinajstić information content (AvgIpc) is 2.89. The van der Waals surface area contributed by atoms with Crippen molar-refractivity contribution in [2.24, 2.45) is 5.92 Å². The van der Waals surface area contributed by atoms with Gasteiger partial charge in [0, 0.05) is 23.5 Å². The first-order chi connectivity index (χ1) is 16.3. The zero-order chi connectivity index (χ0) is 22.9. The molecule has 1 fully saturated rings. The first kappa shape index (κ1) is 23.2. The van der Waals surface area contributed by atoms with Gasteiger partial charge in [0.05, 0.1) is 11.6 Å². The maximum absolute atomic E-state index is 8.95. The van der Waals surface area contributed by atoms with E-state index in [0.29, 0.717) is 17.3 Å². The Morgan fingerprint density at radius 3 is 2.03 bits per heavy atom. The van der Waals surface area contributed by atoms with Crippen molar-refractivity contribution in [1.82, 2.24) is 9.97 Å². The van der Waals surface area contributed by atoms with Crippen LogP contribution in [0.15, 0.2) is 60.9 Å². The summed E-state index contributed by atoms with van der Waals surface area (Å²) in [4.78, 5) is 9.10. The maximum Gasteiger partial charge on any atom is 0.159 e. The molecule has 0 atom stereocenters. The third kappa shape index (κ3) is 6.29. The van der Waals surface area contributed by atoms with Gasteiger partial charge in [-0.15, -0.1) is 0 Å². The van der Waals surface area contributed by atoms with E-state index in [1.807, 2.05) is 24.5 Å². The van der Waals surface area contributed by atoms with Gasteiger partial charge in [-0.3, -0.25) is 0 Å². The SMILES string of the molecule is CCCCCCC[C@H]1CC[C@H](c2ccc(-c3cnc(-c4ccc(C#N)cc4)nc3)cc2)CC1. The molecule has 3 nitrogen and oxygen atoms in total. The topological polar surface area (TPSA) is 49.6 Å². The highest BCUT2D eigenvalue weighted by atomic mass is 14.9. The van der Waals surface area contributed by atoms with Gasteiger partial charge < -0.3 is 0 Å². The molecule has 0 radical (unpaired) electrons. The summed E-state index contributed by atoms with van der Waals surface area (Å²) in [5, 5.41) is 8.95. The van der Waals surface area contributed by atoms with Crippen LogP contribution in [0.4, 0.5) is 0 Å². The van der Waals surface area contributed by atoms with Crippen molar-refractivity contribution < 1.29 is 0 Å². The Morgan fingerprint density at radius 1 is 0.758 bits per heavy atom. The van der Waals surface area contributed by atoms with E-state index in [9.17, 15) is 0 Å². The van der Waals surface area contributed by atoms with Gasteiger partial charge >= 0.3 is 0 Å². The predicted molar refractivity (Wildman–Crippen MR) is 136 cm³/mol. The average molecular weight is 438 g/mol. The van der Waals surface area contributed by atoms with Crippen LogP contribution in [0.1, 0.15) is 88.2 Å². The van der Waals surface area contributed by atoms with Crippen LogP contribution in [0.5, 0.6) is 0 Å². The molecule has 0 unspecified atom stereocenters. The van der Waals surface area contributed by atoms with Crippen molar-refractivity contribution in [2.75, 3.05) is 0 Å². The molecule has 3 aromatic rings. The molecular formula is C30H35N3. The third-order valence-electron chi connectivity index (χ3n) is 7.20. The fourth-order valence-corrected chi connectivity index (χ4v) is 5.09. The smallest absolute Gasteiger partial charge is 0.159 e. The highest BCUT2D eigenvalue weighted by Gasteiger charge is 2.22. The van der Waals surface area contributed by atoms with Gasteiger partial charge in [0.2, 0.25) is 0 Å². The number of hydrogen-bond donors (Lipinski definition) is 0. The summed E-state index contributed by atoms with van der Waals surface area (Å²) in [6, 6.07) is 18.6. The molecule has 0 saturated heterocycles. The Hall–Kier alpha value is -2.99. The first-order valence-electron chi connectivity index (χ1n) is 12.7. The van der Waals surface area contributed by atoms with Crippen LogP contribution in [0.25, 0.3) is 22.5 Å². The van der Waals surface area contributed by atoms with Crippen LogP contribution in [-0.2, 0) is 0 Å². The lowest BCUT2D eigenvalue weighted by Gasteiger charge is -2.29. The molecule has 170 valence electrons. The second kappa shape index (κ2) is 11.8. The molecule has 0 amide bonds. The van der Waals surface area contributed by atoms with E-state index >= 15 is 0 Å². The number of nitriles is 1. The second-order valence-corrected chi connectivity index (χ2v) is 9.53. The van der Waals surface area contributed by atoms with Crippen molar-refractivity contribution >= 4 is 0 Å². The number of rotatable bonds is 9. The van der Waals surface area contributed by atoms with E-state index in [0.717, 1.165) is 22.6 Å². The van der Waals surface area contributed by atoms with Crippen LogP contribution in [0.2, 0.25) is 0 Å². The summed E-state index contributed by atoms with van der Waals surface area (Å²) in [7, 11) is 0. The van der Waals surface area contributed by atoms with E-state index in [2.05, 4.69) is 47.2 Å². The van der Waals surface area contributed by atoms with Crippen molar-refractivity contribution in [3.63, 3.8) is 0 Å². The summed E-state index contributed by atoms with van der Waals surface area (Å²) >= 11 is 0. The van der Waals surface area contributed by atoms with E-state index < -0.39 is 0 Å². The molecule has 0 N–H and O–H groups in total. The lowest BCUT2D eigenvalue weighted by Crippen LogP contribution is -2.13. The number of hydrogen-bond acceptors (Lipinski definition) is 3. The Bertz CT molecular complexity index is 1020. The van der Waals surface area contributed by atoms with Gasteiger partial charge in [-0.2, -0.15) is 5.26 Å². The Labute approximate surface area is 198 Å². The first-order valence-corrected chi connectivity index (χ1v) is 12.7. The van der Waals surface area contributed by atoms with Crippen LogP contribution in [-0.4, -0.2) is 9.97 Å². The molecule has 2 aromatic carbocycles. The summed E-state index contributed by atoms with van der Waals surface area (Å²) in [6.45, 7) is 2.29. The van der Waals surface area contributed by atoms with Crippen LogP contribution in [0.3, 0.4) is 0 Å². The zero-order valence-electron chi connectivity index (χ0n) is 19.8. The van der Waals surface area contributed by atoms with Crippen molar-refractivity contribution in [3.8, 4) is 28.6 Å². The molecule has 0 bridgehead atoms. The molecule has 33 heavy (non-hydrogen) atoms. The highest BCUT2D eigenvalue weighted by Crippen LogP contribution is 2.38.